The maximum Gasteiger partial charge on any atom is 0.229 e. The highest BCUT2D eigenvalue weighted by Gasteiger charge is 2.04. The van der Waals surface area contributed by atoms with Crippen molar-refractivity contribution in [2.45, 2.75) is 55.4 Å². The van der Waals surface area contributed by atoms with Gasteiger partial charge in [-0.3, -0.25) is 4.72 Å². The lowest BCUT2D eigenvalue weighted by Crippen LogP contribution is -2.10. The molecule has 0 bridgehead atoms. The van der Waals surface area contributed by atoms with Crippen molar-refractivity contribution in [3.05, 3.63) is 29.3 Å². The predicted molar refractivity (Wildman–Crippen MR) is 88.4 cm³/mol. The second-order valence-electron chi connectivity index (χ2n) is 3.19. The number of hydrogen-bond donors (Lipinski definition) is 1. The number of sulfonamides is 1. The van der Waals surface area contributed by atoms with Gasteiger partial charge in [-0.25, -0.2) is 8.42 Å². The number of rotatable bonds is 2. The summed E-state index contributed by atoms with van der Waals surface area (Å²) in [7, 11) is -3.17. The Morgan fingerprint density at radius 1 is 0.895 bits per heavy atom. The summed E-state index contributed by atoms with van der Waals surface area (Å²) in [6.07, 6.45) is 1.15. The number of benzene rings is 1. The van der Waals surface area contributed by atoms with Gasteiger partial charge < -0.3 is 0 Å². The SMILES string of the molecule is CC.CC.CC.Cc1ccc(C)c(NS(C)(=O)=O)c1. The van der Waals surface area contributed by atoms with Crippen molar-refractivity contribution < 1.29 is 8.42 Å². The lowest BCUT2D eigenvalue weighted by Gasteiger charge is -2.07. The standard InChI is InChI=1S/C9H13NO2S.3C2H6/c1-7-4-5-8(2)9(6-7)10-13(3,11)12;3*1-2/h4-6,10H,1-3H3;3*1-2H3. The molecular weight excluding hydrogens is 258 g/mol. The Labute approximate surface area is 120 Å². The fourth-order valence-electron chi connectivity index (χ4n) is 1.05. The maximum absolute atomic E-state index is 11.0. The molecule has 0 saturated heterocycles. The molecule has 0 aromatic heterocycles. The fourth-order valence-corrected chi connectivity index (χ4v) is 1.66. The third kappa shape index (κ3) is 13.2. The molecule has 1 N–H and O–H groups in total. The first-order valence-corrected chi connectivity index (χ1v) is 8.83. The Morgan fingerprint density at radius 3 is 1.68 bits per heavy atom. The molecule has 0 fully saturated rings. The highest BCUT2D eigenvalue weighted by molar-refractivity contribution is 7.92. The van der Waals surface area contributed by atoms with Gasteiger partial charge in [0.2, 0.25) is 10.0 Å². The summed E-state index contributed by atoms with van der Waals surface area (Å²) in [5, 5.41) is 0. The van der Waals surface area contributed by atoms with Crippen LogP contribution in [0.15, 0.2) is 18.2 Å². The Hall–Kier alpha value is -1.03. The van der Waals surface area contributed by atoms with Crippen molar-refractivity contribution in [1.29, 1.82) is 0 Å². The molecule has 0 saturated carbocycles. The highest BCUT2D eigenvalue weighted by Crippen LogP contribution is 2.16. The van der Waals surface area contributed by atoms with Crippen molar-refractivity contribution in [2.75, 3.05) is 11.0 Å². The van der Waals surface area contributed by atoms with E-state index in [9.17, 15) is 8.42 Å². The van der Waals surface area contributed by atoms with Gasteiger partial charge in [0.25, 0.3) is 0 Å². The quantitative estimate of drug-likeness (QED) is 0.853. The van der Waals surface area contributed by atoms with Crippen molar-refractivity contribution in [1.82, 2.24) is 0 Å². The van der Waals surface area contributed by atoms with E-state index in [-0.39, 0.29) is 0 Å². The minimum atomic E-state index is -3.17. The van der Waals surface area contributed by atoms with Crippen LogP contribution in [0.25, 0.3) is 0 Å². The summed E-state index contributed by atoms with van der Waals surface area (Å²) in [5.41, 5.74) is 2.62. The molecule has 0 aliphatic heterocycles. The zero-order valence-corrected chi connectivity index (χ0v) is 14.8. The van der Waals surface area contributed by atoms with Crippen LogP contribution in [0.2, 0.25) is 0 Å². The molecule has 0 aliphatic carbocycles. The third-order valence-electron chi connectivity index (χ3n) is 1.69. The van der Waals surface area contributed by atoms with Crippen molar-refractivity contribution in [2.24, 2.45) is 0 Å². The van der Waals surface area contributed by atoms with Crippen molar-refractivity contribution in [3.8, 4) is 0 Å². The van der Waals surface area contributed by atoms with Gasteiger partial charge in [0, 0.05) is 0 Å². The Morgan fingerprint density at radius 2 is 1.32 bits per heavy atom. The summed E-state index contributed by atoms with van der Waals surface area (Å²) in [6, 6.07) is 5.65. The number of anilines is 1. The number of nitrogens with one attached hydrogen (secondary N) is 1. The summed E-state index contributed by atoms with van der Waals surface area (Å²) < 4.78 is 24.4. The zero-order valence-electron chi connectivity index (χ0n) is 14.0. The van der Waals surface area contributed by atoms with Gasteiger partial charge in [-0.1, -0.05) is 53.7 Å². The van der Waals surface area contributed by atoms with E-state index in [0.717, 1.165) is 17.4 Å². The first-order chi connectivity index (χ1) is 8.88. The second-order valence-corrected chi connectivity index (χ2v) is 4.94. The van der Waals surface area contributed by atoms with Crippen LogP contribution in [0.4, 0.5) is 5.69 Å². The smallest absolute Gasteiger partial charge is 0.229 e. The van der Waals surface area contributed by atoms with E-state index in [1.807, 2.05) is 73.6 Å². The minimum Gasteiger partial charge on any atom is -0.284 e. The average molecular weight is 289 g/mol. The molecule has 0 amide bonds. The minimum absolute atomic E-state index is 0.655. The van der Waals surface area contributed by atoms with Gasteiger partial charge in [0.05, 0.1) is 11.9 Å². The molecule has 1 rings (SSSR count). The summed E-state index contributed by atoms with van der Waals surface area (Å²) >= 11 is 0. The molecule has 0 radical (unpaired) electrons. The maximum atomic E-state index is 11.0. The molecule has 1 aromatic carbocycles. The van der Waals surface area contributed by atoms with Gasteiger partial charge in [0.1, 0.15) is 0 Å². The molecule has 1 aromatic rings. The van der Waals surface area contributed by atoms with Crippen LogP contribution in [-0.4, -0.2) is 14.7 Å². The monoisotopic (exact) mass is 289 g/mol. The first-order valence-electron chi connectivity index (χ1n) is 6.93. The van der Waals surface area contributed by atoms with Crippen LogP contribution in [0, 0.1) is 13.8 Å². The number of aryl methyl sites for hydroxylation is 2. The van der Waals surface area contributed by atoms with Crippen LogP contribution in [-0.2, 0) is 10.0 Å². The van der Waals surface area contributed by atoms with Gasteiger partial charge in [-0.2, -0.15) is 0 Å². The van der Waals surface area contributed by atoms with E-state index in [1.54, 1.807) is 0 Å². The van der Waals surface area contributed by atoms with Gasteiger partial charge >= 0.3 is 0 Å². The van der Waals surface area contributed by atoms with E-state index < -0.39 is 10.0 Å². The van der Waals surface area contributed by atoms with E-state index >= 15 is 0 Å². The van der Waals surface area contributed by atoms with E-state index in [1.165, 1.54) is 0 Å². The molecule has 4 heteroatoms. The largest absolute Gasteiger partial charge is 0.284 e. The Kier molecular flexibility index (Phi) is 16.3. The molecule has 0 spiro atoms. The van der Waals surface area contributed by atoms with Crippen LogP contribution >= 0.6 is 0 Å². The Balaban J connectivity index is -0.000000375. The lowest BCUT2D eigenvalue weighted by molar-refractivity contribution is 0.607. The van der Waals surface area contributed by atoms with E-state index in [4.69, 9.17) is 0 Å². The van der Waals surface area contributed by atoms with E-state index in [0.29, 0.717) is 5.69 Å². The molecular formula is C15H31NO2S. The number of hydrogen-bond acceptors (Lipinski definition) is 2. The van der Waals surface area contributed by atoms with Crippen molar-refractivity contribution in [3.63, 3.8) is 0 Å². The van der Waals surface area contributed by atoms with Gasteiger partial charge in [0.15, 0.2) is 0 Å². The predicted octanol–water partition coefficient (Wildman–Crippen LogP) is 4.75. The topological polar surface area (TPSA) is 46.2 Å². The first kappa shape index (κ1) is 23.1. The van der Waals surface area contributed by atoms with Crippen LogP contribution < -0.4 is 4.72 Å². The summed E-state index contributed by atoms with van der Waals surface area (Å²) in [6.45, 7) is 15.8. The van der Waals surface area contributed by atoms with Crippen molar-refractivity contribution >= 4 is 15.7 Å². The van der Waals surface area contributed by atoms with Gasteiger partial charge in [-0.05, 0) is 31.0 Å². The fraction of sp³-hybridized carbons (Fsp3) is 0.600. The zero-order chi connectivity index (χ0) is 16.1. The molecule has 0 heterocycles. The summed E-state index contributed by atoms with van der Waals surface area (Å²) in [5.74, 6) is 0. The van der Waals surface area contributed by atoms with Gasteiger partial charge in [-0.15, -0.1) is 0 Å². The van der Waals surface area contributed by atoms with Crippen LogP contribution in [0.5, 0.6) is 0 Å². The highest BCUT2D eigenvalue weighted by atomic mass is 32.2. The molecule has 19 heavy (non-hydrogen) atoms. The molecule has 3 nitrogen and oxygen atoms in total. The third-order valence-corrected chi connectivity index (χ3v) is 2.28. The average Bonchev–Trinajstić information content (AvgIpc) is 2.39. The molecule has 0 aliphatic rings. The van der Waals surface area contributed by atoms with Crippen LogP contribution in [0.1, 0.15) is 52.7 Å². The normalized spacial score (nSPS) is 8.68. The van der Waals surface area contributed by atoms with E-state index in [2.05, 4.69) is 4.72 Å². The molecule has 0 atom stereocenters. The lowest BCUT2D eigenvalue weighted by atomic mass is 10.1. The summed E-state index contributed by atoms with van der Waals surface area (Å²) in [4.78, 5) is 0. The molecule has 114 valence electrons. The Bertz CT molecular complexity index is 412. The molecule has 0 unspecified atom stereocenters. The van der Waals surface area contributed by atoms with Crippen LogP contribution in [0.3, 0.4) is 0 Å². The second kappa shape index (κ2) is 13.4.